The third-order valence-electron chi connectivity index (χ3n) is 12.8. The number of phenolic OH excluding ortho intramolecular Hbond substituents is 3. The first-order valence-electron chi connectivity index (χ1n) is 24.6. The molecule has 0 saturated heterocycles. The summed E-state index contributed by atoms with van der Waals surface area (Å²) in [5, 5.41) is 36.5. The number of ether oxygens (including phenoxy) is 3. The number of para-hydroxylation sites is 6. The lowest BCUT2D eigenvalue weighted by Gasteiger charge is -2.25. The van der Waals surface area contributed by atoms with Crippen LogP contribution in [0.2, 0.25) is 0 Å². The van der Waals surface area contributed by atoms with Crippen molar-refractivity contribution in [2.75, 3.05) is 49.6 Å². The molecule has 386 valence electrons. The molecule has 77 heavy (non-hydrogen) atoms. The van der Waals surface area contributed by atoms with E-state index in [9.17, 15) is 29.7 Å². The summed E-state index contributed by atoms with van der Waals surface area (Å²) in [5.74, 6) is 0.760. The van der Waals surface area contributed by atoms with E-state index in [1.165, 1.54) is 9.80 Å². The highest BCUT2D eigenvalue weighted by molar-refractivity contribution is 6.12. The topological polar surface area (TPSA) is 149 Å². The third kappa shape index (κ3) is 12.1. The number of carbonyl (C=O) groups is 3. The maximum absolute atomic E-state index is 13.6. The molecule has 3 N–H and O–H groups in total. The van der Waals surface area contributed by atoms with Crippen LogP contribution < -0.4 is 28.9 Å². The second-order valence-electron chi connectivity index (χ2n) is 17.6. The molecule has 0 aliphatic carbocycles. The van der Waals surface area contributed by atoms with Gasteiger partial charge in [0.2, 0.25) is 0 Å². The Balaban J connectivity index is 0.000000154. The van der Waals surface area contributed by atoms with Gasteiger partial charge in [-0.15, -0.1) is 6.58 Å². The summed E-state index contributed by atoms with van der Waals surface area (Å²) < 4.78 is 16.2. The fourth-order valence-electron chi connectivity index (χ4n) is 8.84. The lowest BCUT2D eigenvalue weighted by molar-refractivity contribution is 0.0975. The van der Waals surface area contributed by atoms with Gasteiger partial charge in [-0.3, -0.25) is 14.4 Å². The minimum absolute atomic E-state index is 0.0320. The van der Waals surface area contributed by atoms with Crippen LogP contribution in [0.25, 0.3) is 32.3 Å². The van der Waals surface area contributed by atoms with Crippen LogP contribution in [-0.2, 0) is 6.54 Å². The third-order valence-corrected chi connectivity index (χ3v) is 12.8. The zero-order valence-electron chi connectivity index (χ0n) is 43.0. The fraction of sp³-hybridized carbons (Fsp3) is 0.0923. The molecule has 10 aromatic rings. The van der Waals surface area contributed by atoms with Crippen LogP contribution in [0.1, 0.15) is 36.6 Å². The van der Waals surface area contributed by atoms with Crippen LogP contribution in [0.5, 0.6) is 34.5 Å². The van der Waals surface area contributed by atoms with Crippen molar-refractivity contribution in [3.05, 3.63) is 247 Å². The molecule has 0 aromatic heterocycles. The summed E-state index contributed by atoms with van der Waals surface area (Å²) in [6.07, 6.45) is 1.64. The zero-order chi connectivity index (χ0) is 54.4. The first kappa shape index (κ1) is 53.2. The zero-order valence-corrected chi connectivity index (χ0v) is 43.0. The molecular weight excluding hydrogens is 967 g/mol. The molecule has 0 saturated carbocycles. The SMILES string of the molecule is C=CCN(C(=O)c1cc2ccccc2cc1O)c1ccccc1OC.COc1ccccc1N(C)C(=O)c1cc2ccccc2cc1O.COc1ccccc1N(Cc1ccccc1)C(=O)c1cc2ccccc2cc1O. The monoisotopic (exact) mass is 1020 g/mol. The molecule has 0 aliphatic heterocycles. The molecular formula is C65H57N3O9. The maximum Gasteiger partial charge on any atom is 0.262 e. The van der Waals surface area contributed by atoms with Crippen molar-refractivity contribution in [3.8, 4) is 34.5 Å². The number of nitrogens with zero attached hydrogens (tertiary/aromatic N) is 3. The minimum Gasteiger partial charge on any atom is -0.507 e. The largest absolute Gasteiger partial charge is 0.507 e. The van der Waals surface area contributed by atoms with Crippen molar-refractivity contribution in [2.24, 2.45) is 0 Å². The van der Waals surface area contributed by atoms with Gasteiger partial charge in [-0.2, -0.15) is 0 Å². The summed E-state index contributed by atoms with van der Waals surface area (Å²) in [7, 11) is 6.36. The number of hydrogen-bond donors (Lipinski definition) is 3. The van der Waals surface area contributed by atoms with Gasteiger partial charge < -0.3 is 44.2 Å². The maximum atomic E-state index is 13.6. The highest BCUT2D eigenvalue weighted by Gasteiger charge is 2.26. The smallest absolute Gasteiger partial charge is 0.262 e. The molecule has 0 heterocycles. The summed E-state index contributed by atoms with van der Waals surface area (Å²) in [4.78, 5) is 44.2. The number of amides is 3. The van der Waals surface area contributed by atoms with E-state index in [2.05, 4.69) is 6.58 Å². The first-order valence-corrected chi connectivity index (χ1v) is 24.6. The Hall–Kier alpha value is -10.1. The molecule has 0 bridgehead atoms. The quantitative estimate of drug-likeness (QED) is 0.0960. The van der Waals surface area contributed by atoms with E-state index < -0.39 is 0 Å². The van der Waals surface area contributed by atoms with Gasteiger partial charge in [0.25, 0.3) is 17.7 Å². The van der Waals surface area contributed by atoms with Crippen molar-refractivity contribution in [1.29, 1.82) is 0 Å². The van der Waals surface area contributed by atoms with E-state index in [4.69, 9.17) is 14.2 Å². The van der Waals surface area contributed by atoms with Crippen molar-refractivity contribution in [2.45, 2.75) is 6.54 Å². The Kier molecular flexibility index (Phi) is 17.1. The van der Waals surface area contributed by atoms with Gasteiger partial charge in [0, 0.05) is 13.6 Å². The lowest BCUT2D eigenvalue weighted by atomic mass is 10.0. The Morgan fingerprint density at radius 2 is 0.727 bits per heavy atom. The number of aromatic hydroxyl groups is 3. The number of fused-ring (bicyclic) bond motifs is 3. The number of benzene rings is 10. The molecule has 3 amide bonds. The van der Waals surface area contributed by atoms with Crippen molar-refractivity contribution in [1.82, 2.24) is 0 Å². The van der Waals surface area contributed by atoms with E-state index in [0.29, 0.717) is 47.4 Å². The number of anilines is 3. The predicted molar refractivity (Wildman–Crippen MR) is 307 cm³/mol. The predicted octanol–water partition coefficient (Wildman–Crippen LogP) is 13.6. The van der Waals surface area contributed by atoms with Gasteiger partial charge in [0.15, 0.2) is 0 Å². The molecule has 12 heteroatoms. The lowest BCUT2D eigenvalue weighted by Crippen LogP contribution is -2.31. The molecule has 12 nitrogen and oxygen atoms in total. The van der Waals surface area contributed by atoms with E-state index in [1.54, 1.807) is 100 Å². The van der Waals surface area contributed by atoms with Gasteiger partial charge in [-0.25, -0.2) is 0 Å². The molecule has 0 aliphatic rings. The van der Waals surface area contributed by atoms with Crippen molar-refractivity contribution >= 4 is 67.1 Å². The Labute approximate surface area is 447 Å². The number of rotatable bonds is 13. The summed E-state index contributed by atoms with van der Waals surface area (Å²) in [6, 6.07) is 64.5. The summed E-state index contributed by atoms with van der Waals surface area (Å²) >= 11 is 0. The van der Waals surface area contributed by atoms with E-state index in [0.717, 1.165) is 37.9 Å². The fourth-order valence-corrected chi connectivity index (χ4v) is 8.84. The van der Waals surface area contributed by atoms with Gasteiger partial charge in [-0.1, -0.05) is 146 Å². The van der Waals surface area contributed by atoms with Crippen LogP contribution in [0.3, 0.4) is 0 Å². The van der Waals surface area contributed by atoms with Gasteiger partial charge in [0.05, 0.1) is 61.6 Å². The molecule has 10 aromatic carbocycles. The molecule has 10 rings (SSSR count). The van der Waals surface area contributed by atoms with Crippen LogP contribution in [0.4, 0.5) is 17.1 Å². The van der Waals surface area contributed by atoms with Crippen LogP contribution in [0.15, 0.2) is 225 Å². The molecule has 0 spiro atoms. The Morgan fingerprint density at radius 1 is 0.416 bits per heavy atom. The normalized spacial score (nSPS) is 10.5. The molecule has 0 radical (unpaired) electrons. The van der Waals surface area contributed by atoms with Gasteiger partial charge in [0.1, 0.15) is 34.5 Å². The standard InChI is InChI=1S/C25H21NO3.C21H19NO3.C19H17NO3/c1-29-24-14-8-7-13-22(24)26(17-18-9-3-2-4-10-18)25(28)21-15-19-11-5-6-12-20(19)16-23(21)27;1-3-12-22(18-10-6-7-11-20(18)25-2)21(24)17-13-15-8-4-5-9-16(15)14-19(17)23;1-20(16-9-5-6-10-18(16)23-2)19(22)15-11-13-7-3-4-8-14(13)12-17(15)21/h2-16,27H,17H2,1H3;3-11,13-14,23H,1,12H2,2H3;3-12,21H,1-2H3. The number of phenols is 3. The number of hydrogen-bond acceptors (Lipinski definition) is 9. The number of methoxy groups -OCH3 is 3. The van der Waals surface area contributed by atoms with Gasteiger partial charge >= 0.3 is 0 Å². The Bertz CT molecular complexity index is 3730. The van der Waals surface area contributed by atoms with E-state index in [1.807, 2.05) is 152 Å². The average molecular weight is 1020 g/mol. The number of carbonyl (C=O) groups excluding carboxylic acids is 3. The second-order valence-corrected chi connectivity index (χ2v) is 17.6. The minimum atomic E-state index is -0.312. The van der Waals surface area contributed by atoms with Crippen molar-refractivity contribution < 1.29 is 43.9 Å². The summed E-state index contributed by atoms with van der Waals surface area (Å²) in [6.45, 7) is 4.38. The van der Waals surface area contributed by atoms with Gasteiger partial charge in [-0.05, 0) is 111 Å². The average Bonchev–Trinajstić information content (AvgIpc) is 3.47. The highest BCUT2D eigenvalue weighted by Crippen LogP contribution is 2.36. The van der Waals surface area contributed by atoms with Crippen molar-refractivity contribution in [3.63, 3.8) is 0 Å². The Morgan fingerprint density at radius 3 is 1.13 bits per heavy atom. The summed E-state index contributed by atoms with van der Waals surface area (Å²) in [5.41, 5.74) is 3.66. The molecule has 0 unspecified atom stereocenters. The molecule has 0 fully saturated rings. The molecule has 0 atom stereocenters. The van der Waals surface area contributed by atoms with Crippen LogP contribution in [0, 0.1) is 0 Å². The second kappa shape index (κ2) is 24.8. The van der Waals surface area contributed by atoms with E-state index >= 15 is 0 Å². The van der Waals surface area contributed by atoms with Crippen LogP contribution in [-0.4, -0.2) is 68.0 Å². The van der Waals surface area contributed by atoms with Crippen LogP contribution >= 0.6 is 0 Å². The van der Waals surface area contributed by atoms with E-state index in [-0.39, 0.29) is 51.7 Å². The highest BCUT2D eigenvalue weighted by atomic mass is 16.5. The first-order chi connectivity index (χ1) is 37.4.